The van der Waals surface area contributed by atoms with Gasteiger partial charge in [0, 0.05) is 18.1 Å². The number of hydrogen-bond donors (Lipinski definition) is 1. The van der Waals surface area contributed by atoms with Gasteiger partial charge < -0.3 is 10.2 Å². The molecule has 0 aromatic heterocycles. The van der Waals surface area contributed by atoms with Crippen LogP contribution in [-0.2, 0) is 14.8 Å². The topological polar surface area (TPSA) is 69.7 Å². The van der Waals surface area contributed by atoms with Crippen LogP contribution < -0.4 is 9.62 Å². The van der Waals surface area contributed by atoms with Crippen molar-refractivity contribution < 1.29 is 13.2 Å². The van der Waals surface area contributed by atoms with Crippen LogP contribution in [0.1, 0.15) is 0 Å². The number of likely N-dealkylation sites (N-methyl/N-ethyl adjacent to an activating group) is 1. The summed E-state index contributed by atoms with van der Waals surface area (Å²) in [5, 5.41) is 3.22. The lowest BCUT2D eigenvalue weighted by Gasteiger charge is -2.24. The monoisotopic (exact) mass is 395 g/mol. The van der Waals surface area contributed by atoms with E-state index in [4.69, 9.17) is 11.6 Å². The predicted molar refractivity (Wildman–Crippen MR) is 104 cm³/mol. The maximum atomic E-state index is 13.0. The number of rotatable bonds is 8. The highest BCUT2D eigenvalue weighted by Crippen LogP contribution is 2.24. The highest BCUT2D eigenvalue weighted by atomic mass is 35.5. The van der Waals surface area contributed by atoms with Gasteiger partial charge in [0.25, 0.3) is 10.0 Å². The SMILES string of the molecule is CN(C)CCNC(=O)CN(c1ccc(Cl)cc1)S(=O)(=O)c1ccccc1. The van der Waals surface area contributed by atoms with Gasteiger partial charge >= 0.3 is 0 Å². The maximum Gasteiger partial charge on any atom is 0.264 e. The molecule has 26 heavy (non-hydrogen) atoms. The van der Waals surface area contributed by atoms with E-state index in [2.05, 4.69) is 5.32 Å². The average molecular weight is 396 g/mol. The van der Waals surface area contributed by atoms with Gasteiger partial charge in [0.2, 0.25) is 5.91 Å². The van der Waals surface area contributed by atoms with Crippen LogP contribution in [0.3, 0.4) is 0 Å². The van der Waals surface area contributed by atoms with Crippen molar-refractivity contribution in [1.29, 1.82) is 0 Å². The van der Waals surface area contributed by atoms with E-state index in [0.717, 1.165) is 4.31 Å². The van der Waals surface area contributed by atoms with Crippen LogP contribution in [0.15, 0.2) is 59.5 Å². The number of nitrogens with one attached hydrogen (secondary N) is 1. The number of hydrogen-bond acceptors (Lipinski definition) is 4. The first-order chi connectivity index (χ1) is 12.3. The Morgan fingerprint density at radius 2 is 1.65 bits per heavy atom. The molecule has 0 heterocycles. The molecule has 0 fully saturated rings. The lowest BCUT2D eigenvalue weighted by molar-refractivity contribution is -0.119. The fourth-order valence-corrected chi connectivity index (χ4v) is 3.82. The van der Waals surface area contributed by atoms with Crippen molar-refractivity contribution in [3.8, 4) is 0 Å². The van der Waals surface area contributed by atoms with E-state index >= 15 is 0 Å². The van der Waals surface area contributed by atoms with Crippen molar-refractivity contribution in [1.82, 2.24) is 10.2 Å². The van der Waals surface area contributed by atoms with E-state index < -0.39 is 10.0 Å². The summed E-state index contributed by atoms with van der Waals surface area (Å²) in [7, 11) is -0.0947. The zero-order chi connectivity index (χ0) is 19.2. The largest absolute Gasteiger partial charge is 0.353 e. The molecule has 2 rings (SSSR count). The molecule has 0 radical (unpaired) electrons. The van der Waals surface area contributed by atoms with E-state index in [9.17, 15) is 13.2 Å². The second-order valence-corrected chi connectivity index (χ2v) is 8.25. The Balaban J connectivity index is 2.28. The van der Waals surface area contributed by atoms with Crippen LogP contribution in [0, 0.1) is 0 Å². The minimum absolute atomic E-state index is 0.121. The average Bonchev–Trinajstić information content (AvgIpc) is 2.61. The molecule has 0 bridgehead atoms. The zero-order valence-electron chi connectivity index (χ0n) is 14.7. The molecule has 0 aliphatic heterocycles. The molecule has 2 aromatic carbocycles. The Morgan fingerprint density at radius 1 is 1.04 bits per heavy atom. The van der Waals surface area contributed by atoms with Crippen LogP contribution >= 0.6 is 11.6 Å². The van der Waals surface area contributed by atoms with Crippen molar-refractivity contribution in [2.45, 2.75) is 4.90 Å². The maximum absolute atomic E-state index is 13.0. The smallest absolute Gasteiger partial charge is 0.264 e. The first kappa shape index (κ1) is 20.2. The third-order valence-electron chi connectivity index (χ3n) is 3.61. The Morgan fingerprint density at radius 3 is 2.23 bits per heavy atom. The van der Waals surface area contributed by atoms with Gasteiger partial charge in [0.1, 0.15) is 6.54 Å². The quantitative estimate of drug-likeness (QED) is 0.744. The predicted octanol–water partition coefficient (Wildman–Crippen LogP) is 2.21. The van der Waals surface area contributed by atoms with Gasteiger partial charge in [-0.25, -0.2) is 8.42 Å². The third-order valence-corrected chi connectivity index (χ3v) is 5.65. The van der Waals surface area contributed by atoms with Crippen molar-refractivity contribution in [2.75, 3.05) is 38.0 Å². The van der Waals surface area contributed by atoms with Crippen LogP contribution in [0.5, 0.6) is 0 Å². The number of amides is 1. The number of sulfonamides is 1. The molecule has 0 atom stereocenters. The summed E-state index contributed by atoms with van der Waals surface area (Å²) in [5.74, 6) is -0.374. The lowest BCUT2D eigenvalue weighted by atomic mass is 10.3. The van der Waals surface area contributed by atoms with Crippen molar-refractivity contribution in [3.63, 3.8) is 0 Å². The summed E-state index contributed by atoms with van der Waals surface area (Å²) in [6.07, 6.45) is 0. The number of anilines is 1. The molecule has 0 spiro atoms. The number of carbonyl (C=O) groups is 1. The summed E-state index contributed by atoms with van der Waals surface area (Å²) in [6.45, 7) is 0.788. The van der Waals surface area contributed by atoms with E-state index in [0.29, 0.717) is 23.8 Å². The Bertz CT molecular complexity index is 825. The summed E-state index contributed by atoms with van der Waals surface area (Å²) >= 11 is 5.90. The first-order valence-corrected chi connectivity index (χ1v) is 9.87. The van der Waals surface area contributed by atoms with Crippen LogP contribution in [0.25, 0.3) is 0 Å². The van der Waals surface area contributed by atoms with Crippen LogP contribution in [0.2, 0.25) is 5.02 Å². The summed E-state index contributed by atoms with van der Waals surface area (Å²) in [6, 6.07) is 14.4. The number of halogens is 1. The minimum Gasteiger partial charge on any atom is -0.353 e. The molecule has 1 N–H and O–H groups in total. The van der Waals surface area contributed by atoms with Crippen molar-refractivity contribution >= 4 is 33.2 Å². The van der Waals surface area contributed by atoms with Gasteiger partial charge in [0.05, 0.1) is 10.6 Å². The molecular weight excluding hydrogens is 374 g/mol. The van der Waals surface area contributed by atoms with Gasteiger partial charge in [-0.3, -0.25) is 9.10 Å². The molecule has 0 aliphatic carbocycles. The van der Waals surface area contributed by atoms with Crippen LogP contribution in [0.4, 0.5) is 5.69 Å². The second kappa shape index (κ2) is 9.02. The normalized spacial score (nSPS) is 11.4. The molecule has 0 saturated carbocycles. The van der Waals surface area contributed by atoms with Gasteiger partial charge in [0.15, 0.2) is 0 Å². The van der Waals surface area contributed by atoms with E-state index in [-0.39, 0.29) is 17.3 Å². The third kappa shape index (κ3) is 5.45. The number of benzene rings is 2. The van der Waals surface area contributed by atoms with Gasteiger partial charge in [-0.1, -0.05) is 29.8 Å². The molecule has 0 unspecified atom stereocenters. The van der Waals surface area contributed by atoms with E-state index in [1.54, 1.807) is 42.5 Å². The van der Waals surface area contributed by atoms with Crippen molar-refractivity contribution in [2.24, 2.45) is 0 Å². The molecule has 0 aliphatic rings. The minimum atomic E-state index is -3.88. The lowest BCUT2D eigenvalue weighted by Crippen LogP contribution is -2.42. The molecule has 1 amide bonds. The fourth-order valence-electron chi connectivity index (χ4n) is 2.25. The summed E-state index contributed by atoms with van der Waals surface area (Å²) in [5.41, 5.74) is 0.376. The number of carbonyl (C=O) groups excluding carboxylic acids is 1. The highest BCUT2D eigenvalue weighted by molar-refractivity contribution is 7.92. The summed E-state index contributed by atoms with van der Waals surface area (Å²) in [4.78, 5) is 14.3. The van der Waals surface area contributed by atoms with Gasteiger partial charge in [-0.2, -0.15) is 0 Å². The second-order valence-electron chi connectivity index (χ2n) is 5.95. The van der Waals surface area contributed by atoms with Gasteiger partial charge in [-0.15, -0.1) is 0 Å². The molecule has 8 heteroatoms. The molecule has 2 aromatic rings. The molecule has 140 valence electrons. The fraction of sp³-hybridized carbons (Fsp3) is 0.278. The Kier molecular flexibility index (Phi) is 7.02. The Hall–Kier alpha value is -2.09. The highest BCUT2D eigenvalue weighted by Gasteiger charge is 2.26. The van der Waals surface area contributed by atoms with Crippen molar-refractivity contribution in [3.05, 3.63) is 59.6 Å². The van der Waals surface area contributed by atoms with Gasteiger partial charge in [-0.05, 0) is 50.5 Å². The first-order valence-electron chi connectivity index (χ1n) is 8.05. The summed E-state index contributed by atoms with van der Waals surface area (Å²) < 4.78 is 27.2. The van der Waals surface area contributed by atoms with E-state index in [1.807, 2.05) is 19.0 Å². The molecular formula is C18H22ClN3O3S. The zero-order valence-corrected chi connectivity index (χ0v) is 16.3. The van der Waals surface area contributed by atoms with Crippen LogP contribution in [-0.4, -0.2) is 53.0 Å². The number of nitrogens with zero attached hydrogens (tertiary/aromatic N) is 2. The van der Waals surface area contributed by atoms with E-state index in [1.165, 1.54) is 12.1 Å². The standard InChI is InChI=1S/C18H22ClN3O3S/c1-21(2)13-12-20-18(23)14-22(16-10-8-15(19)9-11-16)26(24,25)17-6-4-3-5-7-17/h3-11H,12-14H2,1-2H3,(H,20,23). The molecule has 0 saturated heterocycles. The molecule has 6 nitrogen and oxygen atoms in total. The Labute approximate surface area is 159 Å².